The summed E-state index contributed by atoms with van der Waals surface area (Å²) in [5, 5.41) is 7.59. The lowest BCUT2D eigenvalue weighted by atomic mass is 10.2. The molecule has 0 aliphatic carbocycles. The molecule has 0 saturated heterocycles. The molecule has 1 rings (SSSR count). The molecule has 1 aromatic carbocycles. The van der Waals surface area contributed by atoms with E-state index in [2.05, 4.69) is 22.5 Å². The Morgan fingerprint density at radius 2 is 1.76 bits per heavy atom. The Hall–Kier alpha value is -2.67. The fraction of sp³-hybridized carbons (Fsp3) is 0.214. The molecule has 0 spiro atoms. The van der Waals surface area contributed by atoms with Crippen molar-refractivity contribution in [2.75, 3.05) is 25.0 Å². The van der Waals surface area contributed by atoms with Crippen LogP contribution in [0.2, 0.25) is 0 Å². The highest BCUT2D eigenvalue weighted by Crippen LogP contribution is 2.09. The molecular formula is C14H18N4O3. The Morgan fingerprint density at radius 1 is 1.10 bits per heavy atom. The molecular weight excluding hydrogens is 272 g/mol. The van der Waals surface area contributed by atoms with Crippen molar-refractivity contribution in [3.8, 4) is 0 Å². The van der Waals surface area contributed by atoms with Gasteiger partial charge in [0.25, 0.3) is 5.91 Å². The molecule has 0 aromatic heterocycles. The topological polar surface area (TPSA) is 113 Å². The van der Waals surface area contributed by atoms with Crippen molar-refractivity contribution in [2.24, 2.45) is 5.73 Å². The van der Waals surface area contributed by atoms with Gasteiger partial charge in [-0.05, 0) is 24.3 Å². The number of carbonyl (C=O) groups excluding carboxylic acids is 3. The Balaban J connectivity index is 2.50. The highest BCUT2D eigenvalue weighted by atomic mass is 16.2. The zero-order valence-corrected chi connectivity index (χ0v) is 11.5. The zero-order chi connectivity index (χ0) is 15.7. The molecule has 7 nitrogen and oxygen atoms in total. The summed E-state index contributed by atoms with van der Waals surface area (Å²) in [4.78, 5) is 34.1. The molecule has 0 atom stereocenters. The van der Waals surface area contributed by atoms with Crippen LogP contribution in [-0.4, -0.2) is 37.4 Å². The first-order chi connectivity index (χ1) is 10.1. The Bertz CT molecular complexity index is 526. The molecule has 0 radical (unpaired) electrons. The number of nitrogens with two attached hydrogens (primary N) is 1. The van der Waals surface area contributed by atoms with Crippen molar-refractivity contribution in [1.82, 2.24) is 10.6 Å². The van der Waals surface area contributed by atoms with Gasteiger partial charge in [-0.15, -0.1) is 6.58 Å². The maximum absolute atomic E-state index is 11.6. The van der Waals surface area contributed by atoms with Crippen LogP contribution in [-0.2, 0) is 9.59 Å². The molecule has 0 bridgehead atoms. The van der Waals surface area contributed by atoms with Gasteiger partial charge in [0, 0.05) is 17.8 Å². The predicted molar refractivity (Wildman–Crippen MR) is 79.7 cm³/mol. The van der Waals surface area contributed by atoms with Crippen LogP contribution in [0.3, 0.4) is 0 Å². The van der Waals surface area contributed by atoms with E-state index in [-0.39, 0.29) is 24.9 Å². The summed E-state index contributed by atoms with van der Waals surface area (Å²) in [6.07, 6.45) is 1.59. The van der Waals surface area contributed by atoms with E-state index in [1.807, 2.05) is 0 Å². The molecule has 5 N–H and O–H groups in total. The van der Waals surface area contributed by atoms with Crippen molar-refractivity contribution in [2.45, 2.75) is 0 Å². The van der Waals surface area contributed by atoms with Gasteiger partial charge in [0.1, 0.15) is 0 Å². The molecule has 3 amide bonds. The van der Waals surface area contributed by atoms with Gasteiger partial charge in [-0.1, -0.05) is 6.08 Å². The van der Waals surface area contributed by atoms with Crippen LogP contribution < -0.4 is 21.7 Å². The van der Waals surface area contributed by atoms with Gasteiger partial charge in [-0.3, -0.25) is 14.4 Å². The lowest BCUT2D eigenvalue weighted by Crippen LogP contribution is -2.36. The third-order valence-corrected chi connectivity index (χ3v) is 2.47. The van der Waals surface area contributed by atoms with E-state index in [1.54, 1.807) is 30.3 Å². The van der Waals surface area contributed by atoms with E-state index in [1.165, 1.54) is 0 Å². The summed E-state index contributed by atoms with van der Waals surface area (Å²) >= 11 is 0. The summed E-state index contributed by atoms with van der Waals surface area (Å²) in [7, 11) is 0. The van der Waals surface area contributed by atoms with Gasteiger partial charge < -0.3 is 21.7 Å². The minimum atomic E-state index is -0.403. The maximum atomic E-state index is 11.6. The number of amides is 3. The molecule has 0 aliphatic heterocycles. The second kappa shape index (κ2) is 8.49. The van der Waals surface area contributed by atoms with Gasteiger partial charge in [-0.2, -0.15) is 0 Å². The molecule has 7 heteroatoms. The molecule has 0 aliphatic rings. The maximum Gasteiger partial charge on any atom is 0.251 e. The molecule has 0 unspecified atom stereocenters. The number of nitrogens with one attached hydrogen (secondary N) is 3. The van der Waals surface area contributed by atoms with Gasteiger partial charge in [-0.25, -0.2) is 0 Å². The van der Waals surface area contributed by atoms with Crippen molar-refractivity contribution in [1.29, 1.82) is 0 Å². The van der Waals surface area contributed by atoms with Crippen LogP contribution in [0.1, 0.15) is 10.4 Å². The Morgan fingerprint density at radius 3 is 2.33 bits per heavy atom. The van der Waals surface area contributed by atoms with Gasteiger partial charge in [0.15, 0.2) is 0 Å². The van der Waals surface area contributed by atoms with Crippen molar-refractivity contribution < 1.29 is 14.4 Å². The van der Waals surface area contributed by atoms with E-state index in [0.717, 1.165) is 0 Å². The number of benzene rings is 1. The first kappa shape index (κ1) is 16.4. The normalized spacial score (nSPS) is 9.57. The quantitative estimate of drug-likeness (QED) is 0.512. The first-order valence-corrected chi connectivity index (χ1v) is 6.32. The smallest absolute Gasteiger partial charge is 0.251 e. The summed E-state index contributed by atoms with van der Waals surface area (Å²) in [6, 6.07) is 6.38. The van der Waals surface area contributed by atoms with E-state index in [4.69, 9.17) is 5.73 Å². The molecule has 112 valence electrons. The second-order valence-electron chi connectivity index (χ2n) is 4.11. The van der Waals surface area contributed by atoms with Crippen LogP contribution in [0, 0.1) is 0 Å². The standard InChI is InChI=1S/C14H18N4O3/c1-2-7-16-14(21)10-3-5-11(6-4-10)18-13(20)9-17-12(19)8-15/h2-6H,1,7-9,15H2,(H,16,21)(H,17,19)(H,18,20). The summed E-state index contributed by atoms with van der Waals surface area (Å²) in [6.45, 7) is 3.58. The van der Waals surface area contributed by atoms with Gasteiger partial charge in [0.05, 0.1) is 13.1 Å². The van der Waals surface area contributed by atoms with Crippen LogP contribution in [0.5, 0.6) is 0 Å². The van der Waals surface area contributed by atoms with Crippen molar-refractivity contribution in [3.05, 3.63) is 42.5 Å². The minimum Gasteiger partial charge on any atom is -0.349 e. The van der Waals surface area contributed by atoms with Gasteiger partial charge >= 0.3 is 0 Å². The van der Waals surface area contributed by atoms with E-state index in [9.17, 15) is 14.4 Å². The summed E-state index contributed by atoms with van der Waals surface area (Å²) in [5.74, 6) is -0.997. The Kier molecular flexibility index (Phi) is 6.62. The fourth-order valence-electron chi connectivity index (χ4n) is 1.43. The average Bonchev–Trinajstić information content (AvgIpc) is 2.50. The molecule has 21 heavy (non-hydrogen) atoms. The largest absolute Gasteiger partial charge is 0.349 e. The average molecular weight is 290 g/mol. The molecule has 1 aromatic rings. The fourth-order valence-corrected chi connectivity index (χ4v) is 1.43. The lowest BCUT2D eigenvalue weighted by Gasteiger charge is -2.07. The van der Waals surface area contributed by atoms with Crippen LogP contribution >= 0.6 is 0 Å². The van der Waals surface area contributed by atoms with E-state index < -0.39 is 5.91 Å². The number of rotatable bonds is 7. The second-order valence-corrected chi connectivity index (χ2v) is 4.11. The van der Waals surface area contributed by atoms with Gasteiger partial charge in [0.2, 0.25) is 11.8 Å². The highest BCUT2D eigenvalue weighted by Gasteiger charge is 2.06. The van der Waals surface area contributed by atoms with Crippen LogP contribution in [0.4, 0.5) is 5.69 Å². The zero-order valence-electron chi connectivity index (χ0n) is 11.5. The third kappa shape index (κ3) is 5.87. The molecule has 0 saturated carbocycles. The summed E-state index contributed by atoms with van der Waals surface area (Å²) in [5.41, 5.74) is 6.11. The first-order valence-electron chi connectivity index (χ1n) is 6.32. The lowest BCUT2D eigenvalue weighted by molar-refractivity contribution is -0.123. The predicted octanol–water partition coefficient (Wildman–Crippen LogP) is -0.384. The molecule has 0 heterocycles. The number of hydrogen-bond acceptors (Lipinski definition) is 4. The third-order valence-electron chi connectivity index (χ3n) is 2.47. The monoisotopic (exact) mass is 290 g/mol. The minimum absolute atomic E-state index is 0.155. The number of hydrogen-bond donors (Lipinski definition) is 4. The SMILES string of the molecule is C=CCNC(=O)c1ccc(NC(=O)CNC(=O)CN)cc1. The van der Waals surface area contributed by atoms with Crippen molar-refractivity contribution >= 4 is 23.4 Å². The Labute approximate surface area is 122 Å². The summed E-state index contributed by atoms with van der Waals surface area (Å²) < 4.78 is 0. The number of carbonyl (C=O) groups is 3. The van der Waals surface area contributed by atoms with Crippen molar-refractivity contribution in [3.63, 3.8) is 0 Å². The van der Waals surface area contributed by atoms with E-state index >= 15 is 0 Å². The number of anilines is 1. The van der Waals surface area contributed by atoms with E-state index in [0.29, 0.717) is 17.8 Å². The van der Waals surface area contributed by atoms with Crippen LogP contribution in [0.15, 0.2) is 36.9 Å². The molecule has 0 fully saturated rings. The highest BCUT2D eigenvalue weighted by molar-refractivity contribution is 5.97. The van der Waals surface area contributed by atoms with Crippen LogP contribution in [0.25, 0.3) is 0 Å².